The standard InChI is InChI=1S/2C19H18O.C2H4/c1-4-14-6-8-15(9-7-14)16-10-11-19-18(12-16)17(5-2)13(3)20-19;1-4-18(19(20)5-2)17-8-6-7-16(13-17)15-11-9-14(3)10-12-15;1-2/h5-12H,2,4H2,1,3H3;4-13,20H,1-2H2,3H3;1-2H2/b;19-18-;. The Morgan fingerprint density at radius 3 is 1.90 bits per heavy atom. The van der Waals surface area contributed by atoms with Gasteiger partial charge in [0.25, 0.3) is 0 Å². The van der Waals surface area contributed by atoms with Crippen LogP contribution in [-0.4, -0.2) is 5.11 Å². The molecule has 212 valence electrons. The highest BCUT2D eigenvalue weighted by atomic mass is 16.3. The minimum Gasteiger partial charge on any atom is -0.507 e. The van der Waals surface area contributed by atoms with E-state index in [0.29, 0.717) is 5.57 Å². The van der Waals surface area contributed by atoms with E-state index >= 15 is 0 Å². The Morgan fingerprint density at radius 2 is 1.33 bits per heavy atom. The zero-order valence-corrected chi connectivity index (χ0v) is 25.0. The smallest absolute Gasteiger partial charge is 0.134 e. The summed E-state index contributed by atoms with van der Waals surface area (Å²) < 4.78 is 5.75. The number of hydrogen-bond acceptors (Lipinski definition) is 2. The highest BCUT2D eigenvalue weighted by Crippen LogP contribution is 2.31. The molecule has 0 radical (unpaired) electrons. The molecule has 5 aromatic rings. The second-order valence-corrected chi connectivity index (χ2v) is 9.69. The second kappa shape index (κ2) is 15.1. The molecule has 0 aliphatic rings. The fourth-order valence-electron chi connectivity index (χ4n) is 4.70. The van der Waals surface area contributed by atoms with Crippen LogP contribution in [0.5, 0.6) is 0 Å². The first-order chi connectivity index (χ1) is 20.4. The zero-order valence-electron chi connectivity index (χ0n) is 25.0. The molecule has 0 atom stereocenters. The van der Waals surface area contributed by atoms with E-state index < -0.39 is 0 Å². The van der Waals surface area contributed by atoms with Crippen molar-refractivity contribution in [2.45, 2.75) is 27.2 Å². The first-order valence-corrected chi connectivity index (χ1v) is 14.0. The van der Waals surface area contributed by atoms with Crippen LogP contribution in [0, 0.1) is 13.8 Å². The number of allylic oxidation sites excluding steroid dienone is 3. The molecule has 0 fully saturated rings. The fourth-order valence-corrected chi connectivity index (χ4v) is 4.70. The van der Waals surface area contributed by atoms with E-state index in [1.165, 1.54) is 28.3 Å². The van der Waals surface area contributed by atoms with Crippen LogP contribution >= 0.6 is 0 Å². The largest absolute Gasteiger partial charge is 0.507 e. The van der Waals surface area contributed by atoms with Crippen molar-refractivity contribution in [3.8, 4) is 22.3 Å². The van der Waals surface area contributed by atoms with Crippen molar-refractivity contribution in [2.24, 2.45) is 0 Å². The maximum atomic E-state index is 9.86. The lowest BCUT2D eigenvalue weighted by atomic mass is 9.98. The van der Waals surface area contributed by atoms with Gasteiger partial charge in [-0.2, -0.15) is 0 Å². The summed E-state index contributed by atoms with van der Waals surface area (Å²) >= 11 is 0. The van der Waals surface area contributed by atoms with Gasteiger partial charge in [-0.25, -0.2) is 0 Å². The Hall–Kier alpha value is -5.08. The molecule has 0 aliphatic carbocycles. The monoisotopic (exact) mass is 552 g/mol. The Bertz CT molecular complexity index is 1690. The topological polar surface area (TPSA) is 33.4 Å². The third-order valence-electron chi connectivity index (χ3n) is 7.04. The lowest BCUT2D eigenvalue weighted by Crippen LogP contribution is -1.88. The third kappa shape index (κ3) is 7.35. The van der Waals surface area contributed by atoms with Crippen LogP contribution in [0.1, 0.15) is 34.9 Å². The van der Waals surface area contributed by atoms with Crippen LogP contribution in [0.3, 0.4) is 0 Å². The predicted octanol–water partition coefficient (Wildman–Crippen LogP) is 11.7. The second-order valence-electron chi connectivity index (χ2n) is 9.69. The van der Waals surface area contributed by atoms with Gasteiger partial charge in [-0.05, 0) is 77.9 Å². The van der Waals surface area contributed by atoms with E-state index in [4.69, 9.17) is 4.42 Å². The Kier molecular flexibility index (Phi) is 11.3. The highest BCUT2D eigenvalue weighted by molar-refractivity contribution is 5.91. The van der Waals surface area contributed by atoms with E-state index in [0.717, 1.165) is 45.4 Å². The van der Waals surface area contributed by atoms with Crippen molar-refractivity contribution in [2.75, 3.05) is 0 Å². The van der Waals surface area contributed by atoms with Gasteiger partial charge in [0.15, 0.2) is 0 Å². The van der Waals surface area contributed by atoms with Gasteiger partial charge in [-0.3, -0.25) is 0 Å². The first-order valence-electron chi connectivity index (χ1n) is 14.0. The number of rotatable bonds is 7. The Morgan fingerprint density at radius 1 is 0.738 bits per heavy atom. The summed E-state index contributed by atoms with van der Waals surface area (Å²) in [5.41, 5.74) is 10.9. The summed E-state index contributed by atoms with van der Waals surface area (Å²) in [5.74, 6) is 1.06. The van der Waals surface area contributed by atoms with E-state index in [2.05, 4.69) is 113 Å². The summed E-state index contributed by atoms with van der Waals surface area (Å²) in [6.45, 7) is 23.4. The maximum absolute atomic E-state index is 9.86. The quantitative estimate of drug-likeness (QED) is 0.124. The molecule has 1 N–H and O–H groups in total. The highest BCUT2D eigenvalue weighted by Gasteiger charge is 2.09. The van der Waals surface area contributed by atoms with E-state index in [9.17, 15) is 5.11 Å². The lowest BCUT2D eigenvalue weighted by Gasteiger charge is -2.08. The summed E-state index contributed by atoms with van der Waals surface area (Å²) in [6, 6.07) is 31.5. The molecule has 2 nitrogen and oxygen atoms in total. The van der Waals surface area contributed by atoms with Gasteiger partial charge in [0.2, 0.25) is 0 Å². The van der Waals surface area contributed by atoms with Crippen molar-refractivity contribution in [3.05, 3.63) is 170 Å². The molecule has 1 heterocycles. The zero-order chi connectivity index (χ0) is 30.6. The number of hydrogen-bond donors (Lipinski definition) is 1. The van der Waals surface area contributed by atoms with Crippen LogP contribution in [0.25, 0.3) is 44.9 Å². The molecule has 1 aromatic heterocycles. The molecule has 2 heteroatoms. The van der Waals surface area contributed by atoms with Crippen molar-refractivity contribution in [1.82, 2.24) is 0 Å². The van der Waals surface area contributed by atoms with Crippen molar-refractivity contribution in [1.29, 1.82) is 0 Å². The van der Waals surface area contributed by atoms with Gasteiger partial charge in [-0.1, -0.05) is 117 Å². The number of furan rings is 1. The van der Waals surface area contributed by atoms with Gasteiger partial charge < -0.3 is 9.52 Å². The average molecular weight is 553 g/mol. The van der Waals surface area contributed by atoms with Crippen LogP contribution in [-0.2, 0) is 6.42 Å². The summed E-state index contributed by atoms with van der Waals surface area (Å²) in [5, 5.41) is 11.0. The molecular weight excluding hydrogens is 512 g/mol. The van der Waals surface area contributed by atoms with E-state index in [1.807, 2.05) is 37.3 Å². The van der Waals surface area contributed by atoms with E-state index in [1.54, 1.807) is 6.08 Å². The lowest BCUT2D eigenvalue weighted by molar-refractivity contribution is 0.436. The molecule has 0 spiro atoms. The molecule has 0 amide bonds. The van der Waals surface area contributed by atoms with E-state index in [-0.39, 0.29) is 5.76 Å². The van der Waals surface area contributed by atoms with Crippen LogP contribution < -0.4 is 0 Å². The van der Waals surface area contributed by atoms with Crippen LogP contribution in [0.2, 0.25) is 0 Å². The van der Waals surface area contributed by atoms with Gasteiger partial charge in [0, 0.05) is 16.5 Å². The number of aliphatic hydroxyl groups excluding tert-OH is 1. The SMILES string of the molecule is C=C.C=C/C(O)=C(\C=C)c1cccc(-c2ccc(C)cc2)c1.C=Cc1c(C)oc2ccc(-c3ccc(CC)cc3)cc12. The van der Waals surface area contributed by atoms with Gasteiger partial charge in [0.1, 0.15) is 17.1 Å². The normalized spacial score (nSPS) is 10.8. The van der Waals surface area contributed by atoms with Crippen LogP contribution in [0.15, 0.2) is 146 Å². The molecular formula is C40H40O2. The minimum absolute atomic E-state index is 0.140. The molecule has 4 aromatic carbocycles. The molecule has 0 bridgehead atoms. The summed E-state index contributed by atoms with van der Waals surface area (Å²) in [4.78, 5) is 0. The van der Waals surface area contributed by atoms with Gasteiger partial charge in [0.05, 0.1) is 0 Å². The van der Waals surface area contributed by atoms with Crippen molar-refractivity contribution in [3.63, 3.8) is 0 Å². The molecule has 5 rings (SSSR count). The Labute approximate surface area is 251 Å². The third-order valence-corrected chi connectivity index (χ3v) is 7.04. The van der Waals surface area contributed by atoms with Crippen LogP contribution in [0.4, 0.5) is 0 Å². The molecule has 0 aliphatic heterocycles. The Balaban J connectivity index is 0.000000218. The van der Waals surface area contributed by atoms with Crippen molar-refractivity contribution < 1.29 is 9.52 Å². The number of benzene rings is 4. The molecule has 0 unspecified atom stereocenters. The predicted molar refractivity (Wildman–Crippen MR) is 184 cm³/mol. The van der Waals surface area contributed by atoms with Gasteiger partial charge in [-0.15, -0.1) is 13.2 Å². The van der Waals surface area contributed by atoms with Gasteiger partial charge >= 0.3 is 0 Å². The summed E-state index contributed by atoms with van der Waals surface area (Å²) in [6.07, 6.45) is 6.01. The molecule has 42 heavy (non-hydrogen) atoms. The molecule has 0 saturated heterocycles. The summed E-state index contributed by atoms with van der Waals surface area (Å²) in [7, 11) is 0. The number of aliphatic hydroxyl groups is 1. The maximum Gasteiger partial charge on any atom is 0.134 e. The fraction of sp³-hybridized carbons (Fsp3) is 0.100. The average Bonchev–Trinajstić information content (AvgIpc) is 3.37. The minimum atomic E-state index is 0.140. The first kappa shape index (κ1) is 31.4. The number of aryl methyl sites for hydroxylation is 3. The van der Waals surface area contributed by atoms with Crippen molar-refractivity contribution >= 4 is 22.6 Å². The molecule has 0 saturated carbocycles. The number of fused-ring (bicyclic) bond motifs is 1.